The number of thioether (sulfide) groups is 12. The number of alkyl halides is 9. The highest BCUT2D eigenvalue weighted by Gasteiger charge is 2.35. The van der Waals surface area contributed by atoms with Crippen molar-refractivity contribution in [3.63, 3.8) is 0 Å². The van der Waals surface area contributed by atoms with Crippen LogP contribution >= 0.6 is 153 Å². The fourth-order valence-corrected chi connectivity index (χ4v) is 23.0. The molecule has 0 bridgehead atoms. The van der Waals surface area contributed by atoms with E-state index in [1.165, 1.54) is 133 Å². The lowest BCUT2D eigenvalue weighted by molar-refractivity contribution is -0.140. The molecule has 0 unspecified atom stereocenters. The molecule has 0 amide bonds. The second-order valence-electron chi connectivity index (χ2n) is 36.1. The van der Waals surface area contributed by atoms with Gasteiger partial charge in [-0.25, -0.2) is 18.9 Å². The van der Waals surface area contributed by atoms with Crippen LogP contribution in [0.2, 0.25) is 5.02 Å². The molecule has 0 spiro atoms. The number of rotatable bonds is 25. The average molecular weight is 2290 g/mol. The Bertz CT molecular complexity index is 5780. The molecule has 0 aliphatic carbocycles. The first-order valence-electron chi connectivity index (χ1n) is 48.6. The van der Waals surface area contributed by atoms with Crippen LogP contribution in [-0.4, -0.2) is 70.1 Å². The van der Waals surface area contributed by atoms with Crippen LogP contribution in [0.4, 0.5) is 61.0 Å². The Kier molecular flexibility index (Phi) is 73.3. The first kappa shape index (κ1) is 142. The van der Waals surface area contributed by atoms with E-state index in [0.29, 0.717) is 68.0 Å². The minimum absolute atomic E-state index is 0. The van der Waals surface area contributed by atoms with E-state index in [0.717, 1.165) is 56.9 Å². The Balaban J connectivity index is 0.00000161. The maximum absolute atomic E-state index is 12.7. The smallest absolute Gasteiger partial charge is 0.417 e. The zero-order valence-electron chi connectivity index (χ0n) is 91.2. The molecule has 12 aromatic carbocycles. The van der Waals surface area contributed by atoms with Crippen molar-refractivity contribution in [2.75, 3.05) is 7.11 Å². The summed E-state index contributed by atoms with van der Waals surface area (Å²) in [5.41, 5.74) is 7.62. The highest BCUT2D eigenvalue weighted by Crippen LogP contribution is 2.43. The zero-order valence-corrected chi connectivity index (χ0v) is 102. The second kappa shape index (κ2) is 77.1. The van der Waals surface area contributed by atoms with Crippen molar-refractivity contribution in [2.45, 2.75) is 355 Å². The number of nitrogens with zero attached hydrogens (tertiary/aromatic N) is 3. The van der Waals surface area contributed by atoms with Crippen LogP contribution in [0.15, 0.2) is 332 Å². The Morgan fingerprint density at radius 2 is 0.611 bits per heavy atom. The molecule has 0 saturated heterocycles. The van der Waals surface area contributed by atoms with E-state index in [1.54, 1.807) is 54.9 Å². The van der Waals surface area contributed by atoms with Gasteiger partial charge in [0, 0.05) is 122 Å². The summed E-state index contributed by atoms with van der Waals surface area (Å²) in [7, 11) is 1.69. The van der Waals surface area contributed by atoms with Crippen LogP contribution in [0.25, 0.3) is 14.5 Å². The van der Waals surface area contributed by atoms with Gasteiger partial charge in [-0.2, -0.15) is 39.5 Å². The third-order valence-corrected chi connectivity index (χ3v) is 31.1. The average Bonchev–Trinajstić information content (AvgIpc) is 0.816. The standard InChI is InChI=1S/C11H10F3NS.C11H13NS.2C11H16S.2C10H11F3S.C10H11NS.C10H14OS.C10H14S.C9H11ClS.C9H11FS.C9H12S.CH4/c1-7(2)16-10-5-4-8(15-3)6-9(10)11(12,13)14;1-8(2)13-10-5-6-11(12-4)9(3)7-10;1-8(2)12-11-7-9(3)5-6-10(11)4;1-8(2)12-11-9(3)6-5-7-10(11)4;1-7(2)14-9-5-3-4-8(6-9)10(11,12)13;1-7(2)14-9-6-4-3-5-8(9)10(11,12)13;1-8(2)12-10-6-4-9(11-3)5-7-10;1-8(2)12-10-6-4-5-9(7-10)11-3;1-8(2)11-10-7-5-4-6-9(10)3;1-7(2)11-9-6-4-3-5-8(9)10;1-7(2)11-9-5-3-4-8(10)6-9;1-8(2)10-9-6-4-3-5-7-9;/h4-7H,1-2H3;5-8H,1-3H3;2*5-8H,1-4H3;2*3-7H,1-2H3;4-8H,1-2H3;4-8H,1-3H3;4-8H,1-3H3;2*3-7H,1-2H3;3-8H,1-2H3;1H4. The van der Waals surface area contributed by atoms with Gasteiger partial charge in [0.2, 0.25) is 0 Å². The number of hydrogen-bond acceptors (Lipinski definition) is 13. The normalized spacial score (nSPS) is 10.8. The van der Waals surface area contributed by atoms with E-state index in [2.05, 4.69) is 277 Å². The van der Waals surface area contributed by atoms with Gasteiger partial charge in [0.05, 0.1) is 48.5 Å². The third kappa shape index (κ3) is 67.2. The quantitative estimate of drug-likeness (QED) is 0.0309. The summed E-state index contributed by atoms with van der Waals surface area (Å²) < 4.78 is 130. The van der Waals surface area contributed by atoms with Crippen LogP contribution < -0.4 is 4.74 Å². The van der Waals surface area contributed by atoms with E-state index in [4.69, 9.17) is 36.1 Å². The Hall–Kier alpha value is -7.30. The molecule has 0 fully saturated rings. The summed E-state index contributed by atoms with van der Waals surface area (Å²) in [4.78, 5) is 22.5. The largest absolute Gasteiger partial charge is 0.497 e. The number of hydrogen-bond donors (Lipinski definition) is 0. The van der Waals surface area contributed by atoms with Crippen LogP contribution in [-0.2, 0) is 18.5 Å². The SMILES string of the molecule is C.CC(C)Sc1cccc(C(F)(F)F)c1.CC(C)Sc1cccc(F)c1.CC(C)Sc1ccccc1.CC(C)Sc1ccccc1C(F)(F)F.CC(C)Sc1ccccc1Cl.COc1cccc(SC(C)C)c1.Cc1ccc(C)c(SC(C)C)c1.Cc1cccc(C)c1SC(C)C.Cc1ccccc1SC(C)C.[C-]#[N+]c1ccc(SC(C)C)c(C(F)(F)F)c1.[C-]#[N+]c1ccc(SC(C)C)cc1.[C-]#[N+]c1ccc(SC(C)C)cc1C. The monoisotopic (exact) mass is 2290 g/mol. The van der Waals surface area contributed by atoms with Gasteiger partial charge in [0.1, 0.15) is 11.6 Å². The number of halogens is 11. The van der Waals surface area contributed by atoms with E-state index < -0.39 is 35.2 Å². The maximum atomic E-state index is 12.7. The lowest BCUT2D eigenvalue weighted by Crippen LogP contribution is -2.07. The Morgan fingerprint density at radius 3 is 1.05 bits per heavy atom. The second-order valence-corrected chi connectivity index (χ2v) is 56.1. The molecule has 0 radical (unpaired) electrons. The molecule has 0 heterocycles. The number of aryl methyl sites for hydroxylation is 6. The van der Waals surface area contributed by atoms with Crippen LogP contribution in [0.5, 0.6) is 5.75 Å². The third-order valence-electron chi connectivity index (χ3n) is 17.7. The van der Waals surface area contributed by atoms with Crippen LogP contribution in [0.1, 0.15) is 224 Å². The first-order valence-corrected chi connectivity index (χ1v) is 59.5. The van der Waals surface area contributed by atoms with Crippen molar-refractivity contribution in [2.24, 2.45) is 0 Å². The van der Waals surface area contributed by atoms with Gasteiger partial charge in [0.25, 0.3) is 0 Å². The highest BCUT2D eigenvalue weighted by atomic mass is 35.5. The molecular formula is C122H154ClF10N3OS12. The lowest BCUT2D eigenvalue weighted by atomic mass is 10.2. The van der Waals surface area contributed by atoms with Gasteiger partial charge in [-0.15, -0.1) is 141 Å². The zero-order chi connectivity index (χ0) is 112. The van der Waals surface area contributed by atoms with E-state index in [-0.39, 0.29) is 34.3 Å². The number of ether oxygens (including phenoxy) is 1. The molecule has 12 rings (SSSR count). The summed E-state index contributed by atoms with van der Waals surface area (Å²) in [6, 6.07) is 83.3. The fourth-order valence-electron chi connectivity index (χ4n) is 11.8. The summed E-state index contributed by atoms with van der Waals surface area (Å²) in [6.45, 7) is 83.8. The number of methoxy groups -OCH3 is 1. The molecule has 27 heteroatoms. The summed E-state index contributed by atoms with van der Waals surface area (Å²) in [6.07, 6.45) is -12.9. The van der Waals surface area contributed by atoms with Gasteiger partial charge >= 0.3 is 18.5 Å². The fraction of sp³-hybridized carbons (Fsp3) is 0.385. The van der Waals surface area contributed by atoms with Gasteiger partial charge in [0.15, 0.2) is 17.1 Å². The Morgan fingerprint density at radius 1 is 0.262 bits per heavy atom. The van der Waals surface area contributed by atoms with Gasteiger partial charge < -0.3 is 4.74 Å². The molecule has 0 aromatic heterocycles. The predicted molar refractivity (Wildman–Crippen MR) is 650 cm³/mol. The number of benzene rings is 12. The molecule has 12 aromatic rings. The molecule has 0 aliphatic rings. The van der Waals surface area contributed by atoms with Crippen molar-refractivity contribution in [3.8, 4) is 5.75 Å². The van der Waals surface area contributed by atoms with Gasteiger partial charge in [-0.05, 0) is 179 Å². The van der Waals surface area contributed by atoms with E-state index in [1.807, 2.05) is 216 Å². The molecule has 149 heavy (non-hydrogen) atoms. The first-order chi connectivity index (χ1) is 69.3. The molecule has 0 aliphatic heterocycles. The summed E-state index contributed by atoms with van der Waals surface area (Å²) >= 11 is 26.4. The van der Waals surface area contributed by atoms with Crippen molar-refractivity contribution in [1.29, 1.82) is 0 Å². The molecule has 4 nitrogen and oxygen atoms in total. The minimum atomic E-state index is -4.40. The highest BCUT2D eigenvalue weighted by molar-refractivity contribution is 8.02. The van der Waals surface area contributed by atoms with E-state index in [9.17, 15) is 43.9 Å². The molecular weight excluding hydrogens is 2130 g/mol. The van der Waals surface area contributed by atoms with Crippen LogP contribution in [0.3, 0.4) is 0 Å². The molecule has 0 saturated carbocycles. The minimum Gasteiger partial charge on any atom is -0.497 e. The van der Waals surface area contributed by atoms with Crippen LogP contribution in [0, 0.1) is 67.1 Å². The van der Waals surface area contributed by atoms with Crippen molar-refractivity contribution < 1.29 is 48.6 Å². The Labute approximate surface area is 946 Å². The molecule has 812 valence electrons. The summed E-state index contributed by atoms with van der Waals surface area (Å²) in [5.74, 6) is 0.774. The van der Waals surface area contributed by atoms with Crippen molar-refractivity contribution in [3.05, 3.63) is 368 Å². The lowest BCUT2D eigenvalue weighted by Gasteiger charge is -2.14. The van der Waals surface area contributed by atoms with E-state index >= 15 is 0 Å². The summed E-state index contributed by atoms with van der Waals surface area (Å²) in [5, 5.41) is 6.99. The molecule has 0 N–H and O–H groups in total. The van der Waals surface area contributed by atoms with Gasteiger partial charge in [-0.3, -0.25) is 0 Å². The van der Waals surface area contributed by atoms with Gasteiger partial charge in [-0.1, -0.05) is 355 Å². The topological polar surface area (TPSA) is 22.3 Å². The maximum Gasteiger partial charge on any atom is 0.417 e. The van der Waals surface area contributed by atoms with Crippen molar-refractivity contribution in [1.82, 2.24) is 0 Å². The predicted octanol–water partition coefficient (Wildman–Crippen LogP) is 46.2. The molecule has 0 atom stereocenters. The van der Waals surface area contributed by atoms with Crippen molar-refractivity contribution >= 4 is 170 Å².